The van der Waals surface area contributed by atoms with Crippen molar-refractivity contribution >= 4 is 16.1 Å². The van der Waals surface area contributed by atoms with Gasteiger partial charge in [-0.05, 0) is 39.0 Å². The van der Waals surface area contributed by atoms with Gasteiger partial charge in [0.2, 0.25) is 0 Å². The van der Waals surface area contributed by atoms with E-state index in [4.69, 9.17) is 13.7 Å². The Hall–Kier alpha value is -0.660. The standard InChI is InChI=1S/C16H26O6S/c1-5-15(2,3)14(17)21-7-6-20-12-10-8-11-16(4,9-10)13(12)22-23(11,18)19/h10-13H,5-9H2,1-4H3. The summed E-state index contributed by atoms with van der Waals surface area (Å²) in [6, 6.07) is 0. The van der Waals surface area contributed by atoms with Crippen LogP contribution in [0.1, 0.15) is 47.0 Å². The van der Waals surface area contributed by atoms with Crippen molar-refractivity contribution in [2.45, 2.75) is 64.4 Å². The van der Waals surface area contributed by atoms with Crippen LogP contribution in [-0.4, -0.2) is 45.1 Å². The fourth-order valence-corrected chi connectivity index (χ4v) is 6.33. The van der Waals surface area contributed by atoms with Crippen molar-refractivity contribution in [3.63, 3.8) is 0 Å². The third-order valence-electron chi connectivity index (χ3n) is 6.02. The number of hydrogen-bond acceptors (Lipinski definition) is 6. The fraction of sp³-hybridized carbons (Fsp3) is 0.938. The van der Waals surface area contributed by atoms with Crippen molar-refractivity contribution < 1.29 is 26.9 Å². The molecule has 23 heavy (non-hydrogen) atoms. The molecule has 2 bridgehead atoms. The first-order valence-electron chi connectivity index (χ1n) is 8.33. The van der Waals surface area contributed by atoms with E-state index in [0.29, 0.717) is 12.8 Å². The molecule has 0 N–H and O–H groups in total. The van der Waals surface area contributed by atoms with E-state index < -0.39 is 15.5 Å². The molecule has 0 aromatic rings. The van der Waals surface area contributed by atoms with Gasteiger partial charge in [-0.15, -0.1) is 0 Å². The van der Waals surface area contributed by atoms with Crippen molar-refractivity contribution in [1.29, 1.82) is 0 Å². The molecule has 3 aliphatic rings. The predicted molar refractivity (Wildman–Crippen MR) is 83.2 cm³/mol. The van der Waals surface area contributed by atoms with E-state index >= 15 is 0 Å². The molecule has 2 aliphatic carbocycles. The highest BCUT2D eigenvalue weighted by Crippen LogP contribution is 2.62. The SMILES string of the molecule is CCC(C)(C)C(=O)OCCOC1C2CC3C(C)(C2)C1OS3(=O)=O. The summed E-state index contributed by atoms with van der Waals surface area (Å²) >= 11 is 0. The minimum Gasteiger partial charge on any atom is -0.463 e. The first-order chi connectivity index (χ1) is 10.6. The molecule has 1 heterocycles. The third kappa shape index (κ3) is 2.61. The summed E-state index contributed by atoms with van der Waals surface area (Å²) in [7, 11) is -3.45. The van der Waals surface area contributed by atoms with E-state index in [1.54, 1.807) is 0 Å². The molecule has 6 nitrogen and oxygen atoms in total. The van der Waals surface area contributed by atoms with Gasteiger partial charge in [0.25, 0.3) is 10.1 Å². The van der Waals surface area contributed by atoms with E-state index in [9.17, 15) is 13.2 Å². The van der Waals surface area contributed by atoms with Gasteiger partial charge in [0.1, 0.15) is 12.7 Å². The second-order valence-corrected chi connectivity index (χ2v) is 9.66. The number of esters is 1. The Morgan fingerprint density at radius 3 is 2.70 bits per heavy atom. The molecule has 1 saturated heterocycles. The number of hydrogen-bond donors (Lipinski definition) is 0. The van der Waals surface area contributed by atoms with Crippen LogP contribution in [0.3, 0.4) is 0 Å². The number of carbonyl (C=O) groups excluding carboxylic acids is 1. The van der Waals surface area contributed by atoms with Crippen molar-refractivity contribution in [2.24, 2.45) is 16.7 Å². The topological polar surface area (TPSA) is 78.9 Å². The molecule has 5 unspecified atom stereocenters. The normalized spacial score (nSPS) is 40.5. The van der Waals surface area contributed by atoms with Gasteiger partial charge >= 0.3 is 5.97 Å². The maximum Gasteiger partial charge on any atom is 0.311 e. The molecule has 0 radical (unpaired) electrons. The Morgan fingerprint density at radius 1 is 1.35 bits per heavy atom. The van der Waals surface area contributed by atoms with Crippen molar-refractivity contribution in [2.75, 3.05) is 13.2 Å². The van der Waals surface area contributed by atoms with Gasteiger partial charge in [-0.25, -0.2) is 0 Å². The molecule has 3 rings (SSSR count). The van der Waals surface area contributed by atoms with Crippen molar-refractivity contribution in [3.8, 4) is 0 Å². The lowest BCUT2D eigenvalue weighted by atomic mass is 9.82. The molecule has 2 saturated carbocycles. The Kier molecular flexibility index (Phi) is 4.05. The van der Waals surface area contributed by atoms with Gasteiger partial charge in [0.15, 0.2) is 0 Å². The number of ether oxygens (including phenoxy) is 2. The smallest absolute Gasteiger partial charge is 0.311 e. The zero-order valence-electron chi connectivity index (χ0n) is 14.2. The van der Waals surface area contributed by atoms with Gasteiger partial charge in [-0.2, -0.15) is 8.42 Å². The number of fused-ring (bicyclic) bond motifs is 1. The molecule has 3 fully saturated rings. The van der Waals surface area contributed by atoms with Crippen LogP contribution in [0.4, 0.5) is 0 Å². The van der Waals surface area contributed by atoms with Crippen molar-refractivity contribution in [3.05, 3.63) is 0 Å². The lowest BCUT2D eigenvalue weighted by Crippen LogP contribution is -2.42. The molecule has 0 spiro atoms. The highest BCUT2D eigenvalue weighted by Gasteiger charge is 2.71. The van der Waals surface area contributed by atoms with Crippen LogP contribution in [0.25, 0.3) is 0 Å². The van der Waals surface area contributed by atoms with E-state index in [2.05, 4.69) is 0 Å². The van der Waals surface area contributed by atoms with Crippen LogP contribution < -0.4 is 0 Å². The molecule has 1 aliphatic heterocycles. The molecular formula is C16H26O6S. The Morgan fingerprint density at radius 2 is 2.04 bits per heavy atom. The average molecular weight is 346 g/mol. The largest absolute Gasteiger partial charge is 0.463 e. The zero-order chi connectivity index (χ0) is 17.0. The van der Waals surface area contributed by atoms with Crippen LogP contribution in [0, 0.1) is 16.7 Å². The highest BCUT2D eigenvalue weighted by molar-refractivity contribution is 7.87. The first kappa shape index (κ1) is 17.2. The van der Waals surface area contributed by atoms with Gasteiger partial charge in [0.05, 0.1) is 23.4 Å². The maximum absolute atomic E-state index is 12.0. The lowest BCUT2D eigenvalue weighted by Gasteiger charge is -2.30. The van der Waals surface area contributed by atoms with E-state index in [1.807, 2.05) is 27.7 Å². The summed E-state index contributed by atoms with van der Waals surface area (Å²) in [6.07, 6.45) is 1.55. The minimum atomic E-state index is -3.45. The zero-order valence-corrected chi connectivity index (χ0v) is 15.0. The minimum absolute atomic E-state index is 0.186. The highest BCUT2D eigenvalue weighted by atomic mass is 32.2. The van der Waals surface area contributed by atoms with Gasteiger partial charge in [0, 0.05) is 5.41 Å². The monoisotopic (exact) mass is 346 g/mol. The van der Waals surface area contributed by atoms with Crippen molar-refractivity contribution in [1.82, 2.24) is 0 Å². The summed E-state index contributed by atoms with van der Waals surface area (Å²) in [5.41, 5.74) is -0.815. The average Bonchev–Trinajstić information content (AvgIpc) is 2.98. The summed E-state index contributed by atoms with van der Waals surface area (Å²) in [6.45, 7) is 8.09. The van der Waals surface area contributed by atoms with Crippen LogP contribution in [-0.2, 0) is 28.6 Å². The van der Waals surface area contributed by atoms with Crippen LogP contribution in [0.15, 0.2) is 0 Å². The van der Waals surface area contributed by atoms with Crippen LogP contribution in [0.5, 0.6) is 0 Å². The molecule has 132 valence electrons. The predicted octanol–water partition coefficient (Wildman–Crippen LogP) is 1.88. The second kappa shape index (κ2) is 5.43. The Balaban J connectivity index is 1.53. The number of carbonyl (C=O) groups is 1. The Labute approximate surface area is 138 Å². The van der Waals surface area contributed by atoms with Gasteiger partial charge in [-0.1, -0.05) is 13.8 Å². The van der Waals surface area contributed by atoms with E-state index in [0.717, 1.165) is 6.42 Å². The molecule has 5 atom stereocenters. The lowest BCUT2D eigenvalue weighted by molar-refractivity contribution is -0.157. The first-order valence-corrected chi connectivity index (χ1v) is 9.80. The summed E-state index contributed by atoms with van der Waals surface area (Å²) in [5, 5.41) is -0.381. The molecule has 7 heteroatoms. The maximum atomic E-state index is 12.0. The number of rotatable bonds is 6. The van der Waals surface area contributed by atoms with Gasteiger partial charge < -0.3 is 9.47 Å². The summed E-state index contributed by atoms with van der Waals surface area (Å²) in [4.78, 5) is 11.9. The Bertz CT molecular complexity index is 598. The van der Waals surface area contributed by atoms with E-state index in [1.165, 1.54) is 0 Å². The molecular weight excluding hydrogens is 320 g/mol. The van der Waals surface area contributed by atoms with E-state index in [-0.39, 0.29) is 48.0 Å². The molecule has 0 amide bonds. The quantitative estimate of drug-likeness (QED) is 0.415. The molecule has 0 aromatic heterocycles. The van der Waals surface area contributed by atoms with Crippen LogP contribution >= 0.6 is 0 Å². The second-order valence-electron chi connectivity index (χ2n) is 7.91. The third-order valence-corrected chi connectivity index (χ3v) is 7.92. The summed E-state index contributed by atoms with van der Waals surface area (Å²) in [5.74, 6) is -0.0154. The fourth-order valence-electron chi connectivity index (χ4n) is 4.20. The summed E-state index contributed by atoms with van der Waals surface area (Å²) < 4.78 is 40.5. The molecule has 0 aromatic carbocycles. The van der Waals surface area contributed by atoms with Crippen LogP contribution in [0.2, 0.25) is 0 Å². The van der Waals surface area contributed by atoms with Gasteiger partial charge in [-0.3, -0.25) is 8.98 Å².